The topological polar surface area (TPSA) is 0 Å². The maximum Gasteiger partial charge on any atom is -0.0198 e. The quantitative estimate of drug-likeness (QED) is 0.483. The van der Waals surface area contributed by atoms with Crippen molar-refractivity contribution in [1.29, 1.82) is 0 Å². The molecule has 0 nitrogen and oxygen atoms in total. The molecular formula is C19H30. The molecule has 0 aliphatic heterocycles. The van der Waals surface area contributed by atoms with Crippen molar-refractivity contribution in [1.82, 2.24) is 0 Å². The van der Waals surface area contributed by atoms with E-state index in [1.807, 2.05) is 0 Å². The standard InChI is InChI=1S/C19H30/c1-6-8-11-14-19(4,5)15-17-12-9-10-13-18(17)16(3)7-2/h9-10,12-13H,3,6-8,11,14-15H2,1-2,4-5H3. The molecule has 0 aromatic heterocycles. The zero-order valence-corrected chi connectivity index (χ0v) is 13.3. The lowest BCUT2D eigenvalue weighted by molar-refractivity contribution is 0.318. The van der Waals surface area contributed by atoms with E-state index in [1.165, 1.54) is 42.4 Å². The van der Waals surface area contributed by atoms with Crippen molar-refractivity contribution < 1.29 is 0 Å². The van der Waals surface area contributed by atoms with E-state index in [2.05, 4.69) is 58.5 Å². The molecule has 0 spiro atoms. The van der Waals surface area contributed by atoms with Gasteiger partial charge in [0.1, 0.15) is 0 Å². The molecule has 0 aliphatic rings. The smallest absolute Gasteiger partial charge is 0.0198 e. The Morgan fingerprint density at radius 2 is 1.79 bits per heavy atom. The predicted octanol–water partition coefficient (Wildman–Crippen LogP) is 6.26. The fourth-order valence-electron chi connectivity index (χ4n) is 2.67. The second-order valence-electron chi connectivity index (χ2n) is 6.41. The number of hydrogen-bond donors (Lipinski definition) is 0. The number of rotatable bonds is 8. The number of unbranched alkanes of at least 4 members (excludes halogenated alkanes) is 2. The van der Waals surface area contributed by atoms with Crippen LogP contribution in [0.25, 0.3) is 5.57 Å². The molecule has 0 radical (unpaired) electrons. The van der Waals surface area contributed by atoms with Crippen LogP contribution in [-0.2, 0) is 6.42 Å². The van der Waals surface area contributed by atoms with E-state index < -0.39 is 0 Å². The first-order chi connectivity index (χ1) is 9.00. The zero-order valence-electron chi connectivity index (χ0n) is 13.3. The second-order valence-corrected chi connectivity index (χ2v) is 6.41. The normalized spacial score (nSPS) is 11.6. The minimum Gasteiger partial charge on any atom is -0.0952 e. The van der Waals surface area contributed by atoms with Crippen LogP contribution in [0, 0.1) is 5.41 Å². The highest BCUT2D eigenvalue weighted by Crippen LogP contribution is 2.31. The van der Waals surface area contributed by atoms with E-state index in [0.717, 1.165) is 12.8 Å². The molecule has 0 atom stereocenters. The van der Waals surface area contributed by atoms with Gasteiger partial charge in [0.15, 0.2) is 0 Å². The largest absolute Gasteiger partial charge is 0.0952 e. The summed E-state index contributed by atoms with van der Waals surface area (Å²) in [5, 5.41) is 0. The lowest BCUT2D eigenvalue weighted by Gasteiger charge is -2.26. The molecule has 106 valence electrons. The first-order valence-electron chi connectivity index (χ1n) is 7.76. The lowest BCUT2D eigenvalue weighted by Crippen LogP contribution is -2.16. The summed E-state index contributed by atoms with van der Waals surface area (Å²) in [5.41, 5.74) is 4.49. The minimum absolute atomic E-state index is 0.388. The van der Waals surface area contributed by atoms with Crippen LogP contribution in [0.5, 0.6) is 0 Å². The summed E-state index contributed by atoms with van der Waals surface area (Å²) >= 11 is 0. The fourth-order valence-corrected chi connectivity index (χ4v) is 2.67. The van der Waals surface area contributed by atoms with Crippen LogP contribution in [0.1, 0.15) is 70.9 Å². The van der Waals surface area contributed by atoms with Crippen LogP contribution in [0.2, 0.25) is 0 Å². The third-order valence-corrected chi connectivity index (χ3v) is 3.95. The van der Waals surface area contributed by atoms with E-state index >= 15 is 0 Å². The molecule has 0 amide bonds. The summed E-state index contributed by atoms with van der Waals surface area (Å²) in [4.78, 5) is 0. The van der Waals surface area contributed by atoms with E-state index in [4.69, 9.17) is 0 Å². The van der Waals surface area contributed by atoms with Gasteiger partial charge in [0, 0.05) is 0 Å². The molecule has 0 heterocycles. The first-order valence-corrected chi connectivity index (χ1v) is 7.76. The summed E-state index contributed by atoms with van der Waals surface area (Å²) < 4.78 is 0. The predicted molar refractivity (Wildman–Crippen MR) is 87.4 cm³/mol. The molecule has 0 N–H and O–H groups in total. The Morgan fingerprint density at radius 3 is 2.42 bits per heavy atom. The van der Waals surface area contributed by atoms with Crippen molar-refractivity contribution in [3.63, 3.8) is 0 Å². The Kier molecular flexibility index (Phi) is 6.34. The molecule has 19 heavy (non-hydrogen) atoms. The van der Waals surface area contributed by atoms with Crippen molar-refractivity contribution >= 4 is 5.57 Å². The van der Waals surface area contributed by atoms with Gasteiger partial charge in [-0.05, 0) is 41.4 Å². The first kappa shape index (κ1) is 16.0. The molecule has 0 bridgehead atoms. The van der Waals surface area contributed by atoms with Crippen LogP contribution in [0.15, 0.2) is 30.8 Å². The van der Waals surface area contributed by atoms with Gasteiger partial charge >= 0.3 is 0 Å². The van der Waals surface area contributed by atoms with Gasteiger partial charge in [-0.3, -0.25) is 0 Å². The van der Waals surface area contributed by atoms with Crippen molar-refractivity contribution in [2.75, 3.05) is 0 Å². The van der Waals surface area contributed by atoms with Crippen LogP contribution in [0.3, 0.4) is 0 Å². The van der Waals surface area contributed by atoms with Gasteiger partial charge in [0.2, 0.25) is 0 Å². The molecule has 0 saturated carbocycles. The second kappa shape index (κ2) is 7.53. The fraction of sp³-hybridized carbons (Fsp3) is 0.579. The van der Waals surface area contributed by atoms with Crippen LogP contribution >= 0.6 is 0 Å². The highest BCUT2D eigenvalue weighted by molar-refractivity contribution is 5.66. The van der Waals surface area contributed by atoms with Crippen molar-refractivity contribution in [2.45, 2.75) is 66.2 Å². The summed E-state index contributed by atoms with van der Waals surface area (Å²) in [6, 6.07) is 8.79. The number of hydrogen-bond acceptors (Lipinski definition) is 0. The van der Waals surface area contributed by atoms with Crippen molar-refractivity contribution in [2.24, 2.45) is 5.41 Å². The molecule has 0 heteroatoms. The third kappa shape index (κ3) is 5.22. The van der Waals surface area contributed by atoms with Gasteiger partial charge in [-0.25, -0.2) is 0 Å². The summed E-state index contributed by atoms with van der Waals surface area (Å²) in [5.74, 6) is 0. The Labute approximate surface area is 119 Å². The van der Waals surface area contributed by atoms with Crippen LogP contribution < -0.4 is 0 Å². The summed E-state index contributed by atoms with van der Waals surface area (Å²) in [6.45, 7) is 13.5. The summed E-state index contributed by atoms with van der Waals surface area (Å²) in [7, 11) is 0. The Bertz CT molecular complexity index is 398. The molecule has 1 rings (SSSR count). The SMILES string of the molecule is C=C(CC)c1ccccc1CC(C)(C)CCCCC. The highest BCUT2D eigenvalue weighted by atomic mass is 14.2. The average molecular weight is 258 g/mol. The van der Waals surface area contributed by atoms with E-state index in [1.54, 1.807) is 0 Å². The summed E-state index contributed by atoms with van der Waals surface area (Å²) in [6.07, 6.45) is 7.51. The monoisotopic (exact) mass is 258 g/mol. The van der Waals surface area contributed by atoms with Crippen LogP contribution in [-0.4, -0.2) is 0 Å². The highest BCUT2D eigenvalue weighted by Gasteiger charge is 2.19. The Balaban J connectivity index is 2.78. The lowest BCUT2D eigenvalue weighted by atomic mass is 9.79. The van der Waals surface area contributed by atoms with Gasteiger partial charge < -0.3 is 0 Å². The molecule has 1 aromatic rings. The molecule has 0 fully saturated rings. The van der Waals surface area contributed by atoms with Gasteiger partial charge in [-0.15, -0.1) is 0 Å². The Morgan fingerprint density at radius 1 is 1.11 bits per heavy atom. The molecular weight excluding hydrogens is 228 g/mol. The number of allylic oxidation sites excluding steroid dienone is 1. The van der Waals surface area contributed by atoms with Crippen molar-refractivity contribution in [3.8, 4) is 0 Å². The van der Waals surface area contributed by atoms with Crippen LogP contribution in [0.4, 0.5) is 0 Å². The Hall–Kier alpha value is -1.04. The van der Waals surface area contributed by atoms with Gasteiger partial charge in [-0.2, -0.15) is 0 Å². The van der Waals surface area contributed by atoms with Gasteiger partial charge in [0.05, 0.1) is 0 Å². The van der Waals surface area contributed by atoms with Gasteiger partial charge in [-0.1, -0.05) is 77.8 Å². The maximum absolute atomic E-state index is 4.21. The van der Waals surface area contributed by atoms with E-state index in [0.29, 0.717) is 5.41 Å². The van der Waals surface area contributed by atoms with Gasteiger partial charge in [0.25, 0.3) is 0 Å². The maximum atomic E-state index is 4.21. The molecule has 0 unspecified atom stereocenters. The van der Waals surface area contributed by atoms with E-state index in [9.17, 15) is 0 Å². The molecule has 0 aliphatic carbocycles. The average Bonchev–Trinajstić information content (AvgIpc) is 2.38. The number of benzene rings is 1. The zero-order chi connectivity index (χ0) is 14.3. The van der Waals surface area contributed by atoms with E-state index in [-0.39, 0.29) is 0 Å². The van der Waals surface area contributed by atoms with Crippen molar-refractivity contribution in [3.05, 3.63) is 42.0 Å². The molecule has 1 aromatic carbocycles. The third-order valence-electron chi connectivity index (χ3n) is 3.95. The minimum atomic E-state index is 0.388. The molecule has 0 saturated heterocycles.